The smallest absolute Gasteiger partial charge is 0.132 e. The monoisotopic (exact) mass is 252 g/mol. The molecule has 0 saturated heterocycles. The molecule has 0 bridgehead atoms. The lowest BCUT2D eigenvalue weighted by Gasteiger charge is -2.11. The first-order chi connectivity index (χ1) is 4.12. The molecule has 0 saturated carbocycles. The van der Waals surface area contributed by atoms with Gasteiger partial charge in [0.2, 0.25) is 0 Å². The van der Waals surface area contributed by atoms with Gasteiger partial charge in [-0.3, -0.25) is 0 Å². The molecule has 0 aromatic heterocycles. The van der Waals surface area contributed by atoms with Crippen LogP contribution in [0.25, 0.3) is 0 Å². The Hall–Kier alpha value is 0.507. The SMILES string of the molecule is C#C[Si](C)(C)CCCI. The van der Waals surface area contributed by atoms with Crippen molar-refractivity contribution in [1.82, 2.24) is 0 Å². The van der Waals surface area contributed by atoms with Crippen LogP contribution in [0.15, 0.2) is 0 Å². The average molecular weight is 252 g/mol. The van der Waals surface area contributed by atoms with E-state index in [0.29, 0.717) is 0 Å². The van der Waals surface area contributed by atoms with Crippen molar-refractivity contribution in [2.45, 2.75) is 25.6 Å². The van der Waals surface area contributed by atoms with Gasteiger partial charge in [-0.15, -0.1) is 12.0 Å². The maximum atomic E-state index is 5.36. The molecule has 0 heterocycles. The van der Waals surface area contributed by atoms with E-state index in [9.17, 15) is 0 Å². The van der Waals surface area contributed by atoms with Gasteiger partial charge >= 0.3 is 0 Å². The summed E-state index contributed by atoms with van der Waals surface area (Å²) in [5.74, 6) is 0. The van der Waals surface area contributed by atoms with Crippen LogP contribution in [-0.2, 0) is 0 Å². The van der Waals surface area contributed by atoms with Crippen molar-refractivity contribution >= 4 is 30.7 Å². The van der Waals surface area contributed by atoms with Crippen LogP contribution in [0.3, 0.4) is 0 Å². The molecule has 9 heavy (non-hydrogen) atoms. The lowest BCUT2D eigenvalue weighted by molar-refractivity contribution is 1.09. The molecular weight excluding hydrogens is 239 g/mol. The zero-order chi connectivity index (χ0) is 7.33. The number of halogens is 1. The van der Waals surface area contributed by atoms with Gasteiger partial charge in [0, 0.05) is 0 Å². The van der Waals surface area contributed by atoms with Gasteiger partial charge < -0.3 is 0 Å². The second-order valence-electron chi connectivity index (χ2n) is 2.82. The summed E-state index contributed by atoms with van der Waals surface area (Å²) >= 11 is 2.40. The number of hydrogen-bond donors (Lipinski definition) is 0. The molecule has 0 aliphatic heterocycles. The van der Waals surface area contributed by atoms with Crippen LogP contribution in [0.2, 0.25) is 19.1 Å². The first kappa shape index (κ1) is 9.51. The van der Waals surface area contributed by atoms with Gasteiger partial charge in [-0.2, -0.15) is 0 Å². The van der Waals surface area contributed by atoms with Crippen molar-refractivity contribution in [3.8, 4) is 12.0 Å². The highest BCUT2D eigenvalue weighted by molar-refractivity contribution is 14.1. The predicted molar refractivity (Wildman–Crippen MR) is 54.6 cm³/mol. The van der Waals surface area contributed by atoms with Crippen LogP contribution in [0.5, 0.6) is 0 Å². The normalized spacial score (nSPS) is 10.9. The first-order valence-corrected chi connectivity index (χ1v) is 7.89. The highest BCUT2D eigenvalue weighted by atomic mass is 127. The van der Waals surface area contributed by atoms with E-state index in [0.717, 1.165) is 0 Å². The molecule has 0 nitrogen and oxygen atoms in total. The highest BCUT2D eigenvalue weighted by Crippen LogP contribution is 2.10. The summed E-state index contributed by atoms with van der Waals surface area (Å²) in [6, 6.07) is 1.28. The summed E-state index contributed by atoms with van der Waals surface area (Å²) in [5, 5.41) is 0. The van der Waals surface area contributed by atoms with E-state index >= 15 is 0 Å². The van der Waals surface area contributed by atoms with E-state index in [-0.39, 0.29) is 0 Å². The van der Waals surface area contributed by atoms with Gasteiger partial charge in [0.15, 0.2) is 0 Å². The molecule has 0 atom stereocenters. The van der Waals surface area contributed by atoms with Gasteiger partial charge in [-0.25, -0.2) is 0 Å². The number of alkyl halides is 1. The second-order valence-corrected chi connectivity index (χ2v) is 8.46. The molecule has 0 radical (unpaired) electrons. The Morgan fingerprint density at radius 3 is 2.44 bits per heavy atom. The van der Waals surface area contributed by atoms with Gasteiger partial charge in [0.05, 0.1) is 0 Å². The Kier molecular flexibility index (Phi) is 4.59. The molecule has 52 valence electrons. The molecule has 0 rings (SSSR count). The van der Waals surface area contributed by atoms with E-state index < -0.39 is 8.07 Å². The molecule has 0 unspecified atom stereocenters. The first-order valence-electron chi connectivity index (χ1n) is 3.16. The molecule has 0 N–H and O–H groups in total. The van der Waals surface area contributed by atoms with Crippen LogP contribution >= 0.6 is 22.6 Å². The standard InChI is InChI=1S/C7H13ISi/c1-4-9(2,3)7-5-6-8/h1H,5-7H2,2-3H3. The van der Waals surface area contributed by atoms with E-state index in [4.69, 9.17) is 6.42 Å². The lowest BCUT2D eigenvalue weighted by Crippen LogP contribution is -2.22. The molecule has 0 aliphatic carbocycles. The molecule has 0 spiro atoms. The molecule has 0 amide bonds. The Labute approximate surface area is 72.6 Å². The van der Waals surface area contributed by atoms with Crippen LogP contribution < -0.4 is 0 Å². The zero-order valence-electron chi connectivity index (χ0n) is 6.08. The van der Waals surface area contributed by atoms with Crippen LogP contribution in [-0.4, -0.2) is 12.5 Å². The molecule has 0 aromatic rings. The molecule has 0 aromatic carbocycles. The van der Waals surface area contributed by atoms with E-state index in [1.165, 1.54) is 16.9 Å². The van der Waals surface area contributed by atoms with Crippen molar-refractivity contribution in [3.63, 3.8) is 0 Å². The van der Waals surface area contributed by atoms with Crippen LogP contribution in [0, 0.1) is 12.0 Å². The summed E-state index contributed by atoms with van der Waals surface area (Å²) in [6.07, 6.45) is 6.65. The summed E-state index contributed by atoms with van der Waals surface area (Å²) < 4.78 is 1.25. The van der Waals surface area contributed by atoms with Gasteiger partial charge in [-0.1, -0.05) is 35.7 Å². The minimum atomic E-state index is -1.18. The molecule has 0 fully saturated rings. The minimum absolute atomic E-state index is 1.18. The minimum Gasteiger partial charge on any atom is -0.135 e. The molecule has 2 heteroatoms. The van der Waals surface area contributed by atoms with Crippen molar-refractivity contribution in [1.29, 1.82) is 0 Å². The fourth-order valence-electron chi connectivity index (χ4n) is 0.581. The molecular formula is C7H13ISi. The van der Waals surface area contributed by atoms with E-state index in [1.807, 2.05) is 0 Å². The van der Waals surface area contributed by atoms with Gasteiger partial charge in [-0.05, 0) is 16.9 Å². The second kappa shape index (κ2) is 4.34. The summed E-state index contributed by atoms with van der Waals surface area (Å²) in [7, 11) is -1.18. The van der Waals surface area contributed by atoms with Crippen LogP contribution in [0.1, 0.15) is 6.42 Å². The maximum absolute atomic E-state index is 5.36. The van der Waals surface area contributed by atoms with Crippen molar-refractivity contribution in [2.75, 3.05) is 4.43 Å². The third-order valence-electron chi connectivity index (χ3n) is 1.33. The fourth-order valence-corrected chi connectivity index (χ4v) is 2.89. The Morgan fingerprint density at radius 1 is 1.56 bits per heavy atom. The third kappa shape index (κ3) is 4.98. The molecule has 0 aliphatic rings. The van der Waals surface area contributed by atoms with Crippen molar-refractivity contribution in [2.24, 2.45) is 0 Å². The maximum Gasteiger partial charge on any atom is 0.132 e. The van der Waals surface area contributed by atoms with Crippen molar-refractivity contribution in [3.05, 3.63) is 0 Å². The van der Waals surface area contributed by atoms with E-state index in [2.05, 4.69) is 41.2 Å². The topological polar surface area (TPSA) is 0 Å². The number of terminal acetylenes is 1. The summed E-state index contributed by atoms with van der Waals surface area (Å²) in [4.78, 5) is 0. The van der Waals surface area contributed by atoms with Gasteiger partial charge in [0.1, 0.15) is 8.07 Å². The fraction of sp³-hybridized carbons (Fsp3) is 0.714. The largest absolute Gasteiger partial charge is 0.135 e. The third-order valence-corrected chi connectivity index (χ3v) is 4.47. The highest BCUT2D eigenvalue weighted by Gasteiger charge is 2.15. The Bertz CT molecular complexity index is 113. The summed E-state index contributed by atoms with van der Waals surface area (Å²) in [5.41, 5.74) is 2.91. The Balaban J connectivity index is 3.49. The van der Waals surface area contributed by atoms with E-state index in [1.54, 1.807) is 0 Å². The number of hydrogen-bond acceptors (Lipinski definition) is 0. The average Bonchev–Trinajstić information content (AvgIpc) is 1.84. The lowest BCUT2D eigenvalue weighted by atomic mass is 10.6. The predicted octanol–water partition coefficient (Wildman–Crippen LogP) is 2.69. The van der Waals surface area contributed by atoms with Crippen LogP contribution in [0.4, 0.5) is 0 Å². The van der Waals surface area contributed by atoms with Crippen molar-refractivity contribution < 1.29 is 0 Å². The quantitative estimate of drug-likeness (QED) is 0.313. The Morgan fingerprint density at radius 2 is 2.11 bits per heavy atom. The zero-order valence-corrected chi connectivity index (χ0v) is 9.23. The van der Waals surface area contributed by atoms with Gasteiger partial charge in [0.25, 0.3) is 0 Å². The summed E-state index contributed by atoms with van der Waals surface area (Å²) in [6.45, 7) is 4.50. The number of rotatable bonds is 3.